The molecule has 39 heavy (non-hydrogen) atoms. The minimum atomic E-state index is -0.758. The zero-order valence-electron chi connectivity index (χ0n) is 21.1. The SMILES string of the molecule is N#Cc1ccc(Oc2ccc(COc3ccc(F)cc3-c3cccc(N4CCC(C(=O)O)CC4)n3)cc2)cc1. The van der Waals surface area contributed by atoms with E-state index >= 15 is 0 Å². The maximum Gasteiger partial charge on any atom is 0.306 e. The van der Waals surface area contributed by atoms with Gasteiger partial charge in [0, 0.05) is 18.7 Å². The van der Waals surface area contributed by atoms with Crippen molar-refractivity contribution >= 4 is 11.8 Å². The Bertz CT molecular complexity index is 1490. The molecule has 0 saturated carbocycles. The molecule has 196 valence electrons. The predicted molar refractivity (Wildman–Crippen MR) is 144 cm³/mol. The molecule has 0 radical (unpaired) electrons. The van der Waals surface area contributed by atoms with Gasteiger partial charge in [-0.25, -0.2) is 9.37 Å². The number of ether oxygens (including phenoxy) is 2. The van der Waals surface area contributed by atoms with Crippen molar-refractivity contribution in [3.8, 4) is 34.6 Å². The molecule has 4 aromatic rings. The number of hydrogen-bond donors (Lipinski definition) is 1. The van der Waals surface area contributed by atoms with E-state index in [-0.39, 0.29) is 12.5 Å². The molecular weight excluding hydrogens is 497 g/mol. The second-order valence-electron chi connectivity index (χ2n) is 9.29. The number of hydrogen-bond acceptors (Lipinski definition) is 6. The number of benzene rings is 3. The first-order valence-electron chi connectivity index (χ1n) is 12.6. The Morgan fingerprint density at radius 1 is 1.00 bits per heavy atom. The second-order valence-corrected chi connectivity index (χ2v) is 9.29. The zero-order valence-corrected chi connectivity index (χ0v) is 21.1. The van der Waals surface area contributed by atoms with Crippen molar-refractivity contribution in [2.24, 2.45) is 5.92 Å². The summed E-state index contributed by atoms with van der Waals surface area (Å²) >= 11 is 0. The van der Waals surface area contributed by atoms with Crippen LogP contribution in [0.4, 0.5) is 10.2 Å². The van der Waals surface area contributed by atoms with E-state index < -0.39 is 11.8 Å². The van der Waals surface area contributed by atoms with Crippen LogP contribution in [0.15, 0.2) is 84.9 Å². The third kappa shape index (κ3) is 6.33. The molecule has 1 aromatic heterocycles. The highest BCUT2D eigenvalue weighted by molar-refractivity contribution is 5.71. The van der Waals surface area contributed by atoms with E-state index in [4.69, 9.17) is 19.7 Å². The van der Waals surface area contributed by atoms with Gasteiger partial charge in [-0.3, -0.25) is 4.79 Å². The van der Waals surface area contributed by atoms with E-state index in [9.17, 15) is 14.3 Å². The van der Waals surface area contributed by atoms with E-state index in [1.165, 1.54) is 12.1 Å². The maximum atomic E-state index is 14.3. The molecule has 1 aliphatic heterocycles. The molecule has 0 atom stereocenters. The summed E-state index contributed by atoms with van der Waals surface area (Å²) in [6.07, 6.45) is 1.12. The van der Waals surface area contributed by atoms with Crippen LogP contribution in [0.1, 0.15) is 24.0 Å². The number of carbonyl (C=O) groups is 1. The zero-order chi connectivity index (χ0) is 27.2. The van der Waals surface area contributed by atoms with Crippen LogP contribution < -0.4 is 14.4 Å². The summed E-state index contributed by atoms with van der Waals surface area (Å²) in [5, 5.41) is 18.2. The molecular formula is C31H26FN3O4. The van der Waals surface area contributed by atoms with Crippen LogP contribution in [-0.2, 0) is 11.4 Å². The van der Waals surface area contributed by atoms with Gasteiger partial charge in [0.2, 0.25) is 0 Å². The smallest absolute Gasteiger partial charge is 0.306 e. The first kappa shape index (κ1) is 25.7. The molecule has 1 fully saturated rings. The fraction of sp³-hybridized carbons (Fsp3) is 0.194. The molecule has 8 heteroatoms. The van der Waals surface area contributed by atoms with Crippen LogP contribution in [0.3, 0.4) is 0 Å². The minimum Gasteiger partial charge on any atom is -0.488 e. The van der Waals surface area contributed by atoms with Crippen molar-refractivity contribution in [2.75, 3.05) is 18.0 Å². The van der Waals surface area contributed by atoms with Gasteiger partial charge in [-0.1, -0.05) is 18.2 Å². The normalized spacial score (nSPS) is 13.5. The molecule has 1 N–H and O–H groups in total. The Hall–Kier alpha value is -4.90. The number of pyridine rings is 1. The van der Waals surface area contributed by atoms with Crippen molar-refractivity contribution < 1.29 is 23.8 Å². The lowest BCUT2D eigenvalue weighted by Crippen LogP contribution is -2.36. The summed E-state index contributed by atoms with van der Waals surface area (Å²) in [5.41, 5.74) is 2.59. The Morgan fingerprint density at radius 3 is 2.36 bits per heavy atom. The molecule has 1 saturated heterocycles. The molecule has 3 aromatic carbocycles. The first-order valence-corrected chi connectivity index (χ1v) is 12.6. The standard InChI is InChI=1S/C31H26FN3O4/c32-24-8-13-29(38-20-22-6-11-26(12-7-22)39-25-9-4-21(19-33)5-10-25)27(18-24)28-2-1-3-30(34-28)35-16-14-23(15-17-35)31(36)37/h1-13,18,23H,14-17,20H2,(H,36,37). The third-order valence-electron chi connectivity index (χ3n) is 6.66. The topological polar surface area (TPSA) is 95.7 Å². The summed E-state index contributed by atoms with van der Waals surface area (Å²) in [6.45, 7) is 1.47. The Balaban J connectivity index is 1.27. The van der Waals surface area contributed by atoms with Crippen LogP contribution >= 0.6 is 0 Å². The average molecular weight is 524 g/mol. The number of nitriles is 1. The highest BCUT2D eigenvalue weighted by Crippen LogP contribution is 2.32. The third-order valence-corrected chi connectivity index (χ3v) is 6.66. The predicted octanol–water partition coefficient (Wildman–Crippen LogP) is 6.43. The van der Waals surface area contributed by atoms with Gasteiger partial charge in [0.25, 0.3) is 0 Å². The van der Waals surface area contributed by atoms with Crippen molar-refractivity contribution in [3.63, 3.8) is 0 Å². The fourth-order valence-corrected chi connectivity index (χ4v) is 4.48. The first-order chi connectivity index (χ1) is 19.0. The van der Waals surface area contributed by atoms with Crippen LogP contribution in [0.5, 0.6) is 17.2 Å². The van der Waals surface area contributed by atoms with E-state index in [0.29, 0.717) is 60.0 Å². The molecule has 0 bridgehead atoms. The molecule has 5 rings (SSSR count). The fourth-order valence-electron chi connectivity index (χ4n) is 4.48. The van der Waals surface area contributed by atoms with Gasteiger partial charge in [-0.2, -0.15) is 5.26 Å². The summed E-state index contributed by atoms with van der Waals surface area (Å²) in [4.78, 5) is 18.1. The number of rotatable bonds is 8. The quantitative estimate of drug-likeness (QED) is 0.284. The Labute approximate surface area is 225 Å². The van der Waals surface area contributed by atoms with Gasteiger partial charge in [-0.05, 0) is 85.1 Å². The van der Waals surface area contributed by atoms with Crippen LogP contribution in [0.25, 0.3) is 11.3 Å². The van der Waals surface area contributed by atoms with E-state index in [0.717, 1.165) is 11.4 Å². The lowest BCUT2D eigenvalue weighted by molar-refractivity contribution is -0.142. The summed E-state index contributed by atoms with van der Waals surface area (Å²) < 4.78 is 26.2. The Kier molecular flexibility index (Phi) is 7.69. The second kappa shape index (κ2) is 11.7. The molecule has 7 nitrogen and oxygen atoms in total. The number of piperidine rings is 1. The van der Waals surface area contributed by atoms with Gasteiger partial charge in [0.15, 0.2) is 0 Å². The minimum absolute atomic E-state index is 0.262. The van der Waals surface area contributed by atoms with Crippen molar-refractivity contribution in [3.05, 3.63) is 102 Å². The summed E-state index contributed by atoms with van der Waals surface area (Å²) in [5.74, 6) is 1.04. The lowest BCUT2D eigenvalue weighted by Gasteiger charge is -2.31. The number of aliphatic carboxylic acids is 1. The monoisotopic (exact) mass is 523 g/mol. The molecule has 0 amide bonds. The van der Waals surface area contributed by atoms with Crippen molar-refractivity contribution in [2.45, 2.75) is 19.4 Å². The maximum absolute atomic E-state index is 14.3. The lowest BCUT2D eigenvalue weighted by atomic mass is 9.97. The number of anilines is 1. The van der Waals surface area contributed by atoms with Gasteiger partial charge in [-0.15, -0.1) is 0 Å². The largest absolute Gasteiger partial charge is 0.488 e. The summed E-state index contributed by atoms with van der Waals surface area (Å²) in [6, 6.07) is 26.3. The highest BCUT2D eigenvalue weighted by atomic mass is 19.1. The molecule has 0 aliphatic carbocycles. The van der Waals surface area contributed by atoms with Crippen molar-refractivity contribution in [1.29, 1.82) is 5.26 Å². The van der Waals surface area contributed by atoms with Gasteiger partial charge < -0.3 is 19.5 Å². The molecule has 0 unspecified atom stereocenters. The van der Waals surface area contributed by atoms with E-state index in [1.807, 2.05) is 42.5 Å². The van der Waals surface area contributed by atoms with E-state index in [2.05, 4.69) is 11.0 Å². The average Bonchev–Trinajstić information content (AvgIpc) is 2.98. The highest BCUT2D eigenvalue weighted by Gasteiger charge is 2.25. The van der Waals surface area contributed by atoms with Crippen LogP contribution in [0.2, 0.25) is 0 Å². The number of halogens is 1. The van der Waals surface area contributed by atoms with Crippen molar-refractivity contribution in [1.82, 2.24) is 4.98 Å². The number of carboxylic acids is 1. The molecule has 0 spiro atoms. The summed E-state index contributed by atoms with van der Waals surface area (Å²) in [7, 11) is 0. The Morgan fingerprint density at radius 2 is 1.69 bits per heavy atom. The number of carboxylic acid groups (broad SMARTS) is 1. The molecule has 2 heterocycles. The van der Waals surface area contributed by atoms with Gasteiger partial charge in [0.1, 0.15) is 35.5 Å². The van der Waals surface area contributed by atoms with Crippen LogP contribution in [0, 0.1) is 23.1 Å². The number of aromatic nitrogens is 1. The van der Waals surface area contributed by atoms with E-state index in [1.54, 1.807) is 30.3 Å². The van der Waals surface area contributed by atoms with Gasteiger partial charge >= 0.3 is 5.97 Å². The van der Waals surface area contributed by atoms with Gasteiger partial charge in [0.05, 0.1) is 23.2 Å². The molecule has 1 aliphatic rings. The van der Waals surface area contributed by atoms with Crippen LogP contribution in [-0.4, -0.2) is 29.1 Å². The number of nitrogens with zero attached hydrogens (tertiary/aromatic N) is 3.